The van der Waals surface area contributed by atoms with Crippen LogP contribution in [0.2, 0.25) is 0 Å². The van der Waals surface area contributed by atoms with Crippen LogP contribution in [0.3, 0.4) is 0 Å². The van der Waals surface area contributed by atoms with Crippen LogP contribution in [0.1, 0.15) is 19.4 Å². The lowest BCUT2D eigenvalue weighted by molar-refractivity contribution is -0.147. The molecule has 3 saturated heterocycles. The van der Waals surface area contributed by atoms with E-state index in [-0.39, 0.29) is 41.1 Å². The fourth-order valence-electron chi connectivity index (χ4n) is 7.15. The molecule has 2 aromatic heterocycles. The first-order valence-corrected chi connectivity index (χ1v) is 11.3. The van der Waals surface area contributed by atoms with E-state index in [1.165, 1.54) is 0 Å². The third kappa shape index (κ3) is 2.10. The number of quaternary nitrogens is 1. The minimum atomic E-state index is -0.978. The van der Waals surface area contributed by atoms with Crippen molar-refractivity contribution in [1.29, 1.82) is 0 Å². The molecule has 0 bridgehead atoms. The highest BCUT2D eigenvalue weighted by atomic mass is 19.1. The third-order valence-electron chi connectivity index (χ3n) is 8.35. The molecule has 6 heterocycles. The third-order valence-corrected chi connectivity index (χ3v) is 8.35. The molecule has 11 heteroatoms. The van der Waals surface area contributed by atoms with Gasteiger partial charge in [-0.25, -0.2) is 14.8 Å². The number of amides is 3. The van der Waals surface area contributed by atoms with Crippen LogP contribution in [0, 0.1) is 11.2 Å². The maximum atomic E-state index is 16.3. The van der Waals surface area contributed by atoms with E-state index in [4.69, 9.17) is 9.26 Å². The fraction of sp³-hybridized carbons (Fsp3) is 0.435. The van der Waals surface area contributed by atoms with Crippen LogP contribution in [0.4, 0.5) is 14.9 Å². The molecule has 7 rings (SSSR count). The Bertz CT molecular complexity index is 1410. The number of hydrogen-bond acceptors (Lipinski definition) is 7. The average molecular weight is 465 g/mol. The smallest absolute Gasteiger partial charge is 0.321 e. The van der Waals surface area contributed by atoms with Gasteiger partial charge in [0, 0.05) is 30.9 Å². The van der Waals surface area contributed by atoms with Gasteiger partial charge in [0.1, 0.15) is 30.7 Å². The second-order valence-corrected chi connectivity index (χ2v) is 9.90. The molecule has 5 unspecified atom stereocenters. The molecule has 10 nitrogen and oxygen atoms in total. The molecular weight excluding hydrogens is 443 g/mol. The molecule has 0 radical (unpaired) electrons. The molecule has 1 spiro atoms. The normalized spacial score (nSPS) is 35.9. The summed E-state index contributed by atoms with van der Waals surface area (Å²) in [4.78, 5) is 34.0. The van der Waals surface area contributed by atoms with E-state index in [1.807, 2.05) is 19.9 Å². The summed E-state index contributed by atoms with van der Waals surface area (Å²) < 4.78 is 28.3. The van der Waals surface area contributed by atoms with Crippen molar-refractivity contribution in [3.63, 3.8) is 0 Å². The van der Waals surface area contributed by atoms with Gasteiger partial charge in [-0.2, -0.15) is 4.39 Å². The number of carbonyl (C=O) groups is 2. The number of hydrogen-bond donors (Lipinski definition) is 2. The van der Waals surface area contributed by atoms with E-state index in [1.54, 1.807) is 18.5 Å². The zero-order valence-electron chi connectivity index (χ0n) is 18.6. The Kier molecular flexibility index (Phi) is 3.62. The van der Waals surface area contributed by atoms with Gasteiger partial charge in [0.05, 0.1) is 5.39 Å². The molecule has 2 N–H and O–H groups in total. The SMILES string of the molecule is CC1C[N+]23CC2(C(C)O1)C1(CNC(=O)NC1=O)Cc1cc2c(-c4ncccn4)noc2c(F)c13. The van der Waals surface area contributed by atoms with Crippen LogP contribution in [0.5, 0.6) is 0 Å². The van der Waals surface area contributed by atoms with Gasteiger partial charge in [0.25, 0.3) is 0 Å². The number of imide groups is 1. The highest BCUT2D eigenvalue weighted by Gasteiger charge is 2.89. The van der Waals surface area contributed by atoms with E-state index in [9.17, 15) is 9.59 Å². The summed E-state index contributed by atoms with van der Waals surface area (Å²) in [6.45, 7) is 5.13. The number of urea groups is 1. The predicted octanol–water partition coefficient (Wildman–Crippen LogP) is 1.67. The van der Waals surface area contributed by atoms with Crippen molar-refractivity contribution in [3.8, 4) is 11.5 Å². The zero-order valence-corrected chi connectivity index (χ0v) is 18.6. The number of nitrogens with one attached hydrogen (secondary N) is 2. The molecule has 34 heavy (non-hydrogen) atoms. The molecule has 4 aliphatic heterocycles. The van der Waals surface area contributed by atoms with Crippen LogP contribution in [0.15, 0.2) is 29.0 Å². The van der Waals surface area contributed by atoms with Crippen molar-refractivity contribution in [2.45, 2.75) is 38.0 Å². The van der Waals surface area contributed by atoms with Gasteiger partial charge >= 0.3 is 6.03 Å². The predicted molar refractivity (Wildman–Crippen MR) is 117 cm³/mol. The summed E-state index contributed by atoms with van der Waals surface area (Å²) >= 11 is 0. The number of carbonyl (C=O) groups excluding carboxylic acids is 2. The average Bonchev–Trinajstić information content (AvgIpc) is 3.33. The van der Waals surface area contributed by atoms with Crippen molar-refractivity contribution in [1.82, 2.24) is 30.2 Å². The summed E-state index contributed by atoms with van der Waals surface area (Å²) in [6.07, 6.45) is 2.97. The summed E-state index contributed by atoms with van der Waals surface area (Å²) in [5, 5.41) is 9.83. The van der Waals surface area contributed by atoms with Crippen molar-refractivity contribution in [2.24, 2.45) is 5.41 Å². The van der Waals surface area contributed by atoms with Gasteiger partial charge in [0.15, 0.2) is 22.7 Å². The van der Waals surface area contributed by atoms with E-state index < -0.39 is 22.8 Å². The minimum absolute atomic E-state index is 0.0543. The van der Waals surface area contributed by atoms with E-state index in [0.717, 1.165) is 0 Å². The Balaban J connectivity index is 1.50. The number of nitrogens with zero attached hydrogens (tertiary/aromatic N) is 4. The molecule has 174 valence electrons. The number of halogens is 1. The molecule has 3 aromatic rings. The molecule has 3 amide bonds. The first-order chi connectivity index (χ1) is 16.3. The Hall–Kier alpha value is -3.44. The largest absolute Gasteiger partial charge is 0.363 e. The molecule has 3 fully saturated rings. The number of benzene rings is 1. The maximum Gasteiger partial charge on any atom is 0.321 e. The Morgan fingerprint density at radius 2 is 2.03 bits per heavy atom. The second kappa shape index (κ2) is 6.16. The molecule has 4 aliphatic rings. The van der Waals surface area contributed by atoms with Gasteiger partial charge < -0.3 is 14.6 Å². The number of rotatable bonds is 1. The van der Waals surface area contributed by atoms with Gasteiger partial charge in [0.2, 0.25) is 17.3 Å². The number of aromatic nitrogens is 3. The standard InChI is InChI=1S/C23H21FN6O4/c1-11-8-30-10-23(30,12(2)33-11)22(9-27-21(32)28-20(22)31)7-13-6-14-16(19-25-4-3-5-26-19)29-34-18(14)15(24)17(13)30/h3-6,11-12H,7-10H2,1-2H3,(H-,27,28,31,32)/p+1. The molecule has 5 atom stereocenters. The van der Waals surface area contributed by atoms with Gasteiger partial charge in [-0.1, -0.05) is 5.16 Å². The van der Waals surface area contributed by atoms with Crippen LogP contribution in [0.25, 0.3) is 22.5 Å². The van der Waals surface area contributed by atoms with Crippen LogP contribution in [-0.4, -0.2) is 64.4 Å². The Labute approximate surface area is 193 Å². The van der Waals surface area contributed by atoms with Crippen LogP contribution in [-0.2, 0) is 16.0 Å². The quantitative estimate of drug-likeness (QED) is 0.415. The summed E-state index contributed by atoms with van der Waals surface area (Å²) in [6, 6.07) is 3.02. The first-order valence-electron chi connectivity index (χ1n) is 11.3. The molecular formula is C23H22FN6O4+. The van der Waals surface area contributed by atoms with Crippen molar-refractivity contribution >= 4 is 28.6 Å². The minimum Gasteiger partial charge on any atom is -0.363 e. The lowest BCUT2D eigenvalue weighted by Gasteiger charge is -2.51. The van der Waals surface area contributed by atoms with Crippen molar-refractivity contribution in [2.75, 3.05) is 19.6 Å². The summed E-state index contributed by atoms with van der Waals surface area (Å²) in [5.74, 6) is -0.486. The number of morpholine rings is 1. The Morgan fingerprint density at radius 3 is 2.79 bits per heavy atom. The topological polar surface area (TPSA) is 119 Å². The lowest BCUT2D eigenvalue weighted by Crippen LogP contribution is -2.74. The molecule has 0 aliphatic carbocycles. The lowest BCUT2D eigenvalue weighted by atomic mass is 9.63. The highest BCUT2D eigenvalue weighted by molar-refractivity contribution is 6.03. The number of ether oxygens (including phenoxy) is 1. The van der Waals surface area contributed by atoms with Crippen molar-refractivity contribution in [3.05, 3.63) is 35.9 Å². The second-order valence-electron chi connectivity index (χ2n) is 9.90. The van der Waals surface area contributed by atoms with Crippen molar-refractivity contribution < 1.29 is 23.2 Å². The Morgan fingerprint density at radius 1 is 1.24 bits per heavy atom. The van der Waals surface area contributed by atoms with Crippen LogP contribution < -0.4 is 15.1 Å². The first kappa shape index (κ1) is 20.0. The van der Waals surface area contributed by atoms with Gasteiger partial charge in [-0.05, 0) is 26.0 Å². The maximum absolute atomic E-state index is 16.3. The molecule has 1 aromatic carbocycles. The summed E-state index contributed by atoms with van der Waals surface area (Å²) in [5.41, 5.74) is -0.0383. The fourth-order valence-corrected chi connectivity index (χ4v) is 7.15. The summed E-state index contributed by atoms with van der Waals surface area (Å²) in [7, 11) is 0. The number of fused-ring (bicyclic) bond motifs is 2. The molecule has 0 saturated carbocycles. The monoisotopic (exact) mass is 465 g/mol. The van der Waals surface area contributed by atoms with Gasteiger partial charge in [-0.3, -0.25) is 14.6 Å². The van der Waals surface area contributed by atoms with Gasteiger partial charge in [-0.15, -0.1) is 0 Å². The highest BCUT2D eigenvalue weighted by Crippen LogP contribution is 2.68. The van der Waals surface area contributed by atoms with E-state index >= 15 is 4.39 Å². The zero-order chi connectivity index (χ0) is 23.5. The van der Waals surface area contributed by atoms with E-state index in [0.29, 0.717) is 41.2 Å². The van der Waals surface area contributed by atoms with E-state index in [2.05, 4.69) is 25.8 Å². The van der Waals surface area contributed by atoms with Crippen LogP contribution >= 0.6 is 0 Å².